The van der Waals surface area contributed by atoms with E-state index in [1.165, 1.54) is 24.7 Å². The zero-order chi connectivity index (χ0) is 17.8. The van der Waals surface area contributed by atoms with E-state index in [9.17, 15) is 20.2 Å². The third-order valence-corrected chi connectivity index (χ3v) is 3.56. The van der Waals surface area contributed by atoms with Crippen molar-refractivity contribution in [3.8, 4) is 0 Å². The lowest BCUT2D eigenvalue weighted by Gasteiger charge is -2.22. The Morgan fingerprint density at radius 1 is 0.880 bits per heavy atom. The van der Waals surface area contributed by atoms with Gasteiger partial charge in [0.25, 0.3) is 11.4 Å². The van der Waals surface area contributed by atoms with Gasteiger partial charge in [0.15, 0.2) is 0 Å². The third kappa shape index (κ3) is 3.66. The molecule has 0 fully saturated rings. The van der Waals surface area contributed by atoms with Crippen LogP contribution < -0.4 is 4.90 Å². The molecule has 0 N–H and O–H groups in total. The summed E-state index contributed by atoms with van der Waals surface area (Å²) in [6.07, 6.45) is 3.01. The predicted molar refractivity (Wildman–Crippen MR) is 87.1 cm³/mol. The van der Waals surface area contributed by atoms with Crippen LogP contribution in [-0.4, -0.2) is 9.85 Å². The number of hydrogen-bond acceptors (Lipinski definition) is 7. The highest BCUT2D eigenvalue weighted by atomic mass is 16.6. The first-order valence-corrected chi connectivity index (χ1v) is 7.27. The molecule has 1 aromatic carbocycles. The van der Waals surface area contributed by atoms with Gasteiger partial charge in [-0.25, -0.2) is 0 Å². The van der Waals surface area contributed by atoms with Crippen LogP contribution in [0, 0.1) is 20.2 Å². The Hall–Kier alpha value is -3.62. The van der Waals surface area contributed by atoms with E-state index in [-0.39, 0.29) is 30.2 Å². The Labute approximate surface area is 141 Å². The fourth-order valence-corrected chi connectivity index (χ4v) is 2.45. The fourth-order valence-electron chi connectivity index (χ4n) is 2.45. The minimum Gasteiger partial charge on any atom is -0.467 e. The second kappa shape index (κ2) is 6.87. The lowest BCUT2D eigenvalue weighted by atomic mass is 10.2. The summed E-state index contributed by atoms with van der Waals surface area (Å²) in [6.45, 7) is 0.485. The van der Waals surface area contributed by atoms with Crippen molar-refractivity contribution in [1.82, 2.24) is 0 Å². The van der Waals surface area contributed by atoms with Crippen LogP contribution >= 0.6 is 0 Å². The number of nitrogens with zero attached hydrogens (tertiary/aromatic N) is 3. The Kier molecular flexibility index (Phi) is 4.46. The summed E-state index contributed by atoms with van der Waals surface area (Å²) in [5, 5.41) is 22.3. The van der Waals surface area contributed by atoms with E-state index < -0.39 is 9.85 Å². The molecule has 0 spiro atoms. The molecular weight excluding hydrogens is 330 g/mol. The maximum absolute atomic E-state index is 11.4. The molecule has 0 aliphatic rings. The lowest BCUT2D eigenvalue weighted by Crippen LogP contribution is -2.22. The molecule has 0 radical (unpaired) electrons. The maximum atomic E-state index is 11.4. The second-order valence-electron chi connectivity index (χ2n) is 5.20. The summed E-state index contributed by atoms with van der Waals surface area (Å²) in [7, 11) is 0. The summed E-state index contributed by atoms with van der Waals surface area (Å²) < 4.78 is 10.6. The first-order valence-electron chi connectivity index (χ1n) is 7.27. The molecule has 9 nitrogen and oxygen atoms in total. The normalized spacial score (nSPS) is 10.6. The number of furan rings is 2. The van der Waals surface area contributed by atoms with Crippen LogP contribution in [0.25, 0.3) is 0 Å². The number of nitro groups is 2. The monoisotopic (exact) mass is 343 g/mol. The van der Waals surface area contributed by atoms with E-state index in [1.54, 1.807) is 29.2 Å². The molecular formula is C16H13N3O6. The molecule has 128 valence electrons. The summed E-state index contributed by atoms with van der Waals surface area (Å²) >= 11 is 0. The molecule has 2 heterocycles. The number of anilines is 1. The van der Waals surface area contributed by atoms with Crippen LogP contribution in [0.3, 0.4) is 0 Å². The van der Waals surface area contributed by atoms with Crippen LogP contribution in [0.15, 0.2) is 63.8 Å². The van der Waals surface area contributed by atoms with Gasteiger partial charge in [-0.2, -0.15) is 0 Å². The van der Waals surface area contributed by atoms with Gasteiger partial charge in [-0.05, 0) is 30.3 Å². The van der Waals surface area contributed by atoms with E-state index in [4.69, 9.17) is 8.83 Å². The lowest BCUT2D eigenvalue weighted by molar-refractivity contribution is -0.393. The zero-order valence-corrected chi connectivity index (χ0v) is 12.9. The van der Waals surface area contributed by atoms with Gasteiger partial charge in [0.1, 0.15) is 17.2 Å². The van der Waals surface area contributed by atoms with Gasteiger partial charge in [-0.3, -0.25) is 20.2 Å². The Morgan fingerprint density at radius 2 is 1.48 bits per heavy atom. The number of rotatable bonds is 7. The van der Waals surface area contributed by atoms with Crippen molar-refractivity contribution in [2.75, 3.05) is 4.90 Å². The molecule has 2 aromatic heterocycles. The van der Waals surface area contributed by atoms with E-state index in [0.717, 1.165) is 6.07 Å². The quantitative estimate of drug-likeness (QED) is 0.472. The third-order valence-electron chi connectivity index (χ3n) is 3.56. The molecule has 9 heteroatoms. The van der Waals surface area contributed by atoms with E-state index in [2.05, 4.69) is 0 Å². The van der Waals surface area contributed by atoms with E-state index in [1.807, 2.05) is 0 Å². The minimum atomic E-state index is -0.666. The molecule has 25 heavy (non-hydrogen) atoms. The first-order chi connectivity index (χ1) is 12.0. The molecule has 3 aromatic rings. The summed E-state index contributed by atoms with van der Waals surface area (Å²) in [6, 6.07) is 10.5. The smallest absolute Gasteiger partial charge is 0.299 e. The van der Waals surface area contributed by atoms with Gasteiger partial charge < -0.3 is 13.7 Å². The Bertz CT molecular complexity index is 837. The number of hydrogen-bond donors (Lipinski definition) is 0. The van der Waals surface area contributed by atoms with Crippen molar-refractivity contribution in [2.24, 2.45) is 0 Å². The van der Waals surface area contributed by atoms with Crippen LogP contribution in [0.4, 0.5) is 17.1 Å². The Balaban J connectivity index is 2.01. The maximum Gasteiger partial charge on any atom is 0.299 e. The zero-order valence-electron chi connectivity index (χ0n) is 12.9. The van der Waals surface area contributed by atoms with Crippen LogP contribution in [-0.2, 0) is 13.1 Å². The van der Waals surface area contributed by atoms with Crippen molar-refractivity contribution >= 4 is 17.1 Å². The highest BCUT2D eigenvalue weighted by molar-refractivity contribution is 5.66. The molecule has 0 bridgehead atoms. The van der Waals surface area contributed by atoms with Gasteiger partial charge >= 0.3 is 0 Å². The number of nitro benzene ring substituents is 2. The van der Waals surface area contributed by atoms with Gasteiger partial charge in [-0.1, -0.05) is 0 Å². The van der Waals surface area contributed by atoms with Gasteiger partial charge in [-0.15, -0.1) is 0 Å². The average Bonchev–Trinajstić information content (AvgIpc) is 3.27. The second-order valence-corrected chi connectivity index (χ2v) is 5.20. The van der Waals surface area contributed by atoms with Gasteiger partial charge in [0.2, 0.25) is 0 Å². The highest BCUT2D eigenvalue weighted by Gasteiger charge is 2.24. The summed E-state index contributed by atoms with van der Waals surface area (Å²) in [5.74, 6) is 1.19. The van der Waals surface area contributed by atoms with Crippen LogP contribution in [0.1, 0.15) is 11.5 Å². The average molecular weight is 343 g/mol. The molecule has 0 atom stereocenters. The molecule has 0 amide bonds. The molecule has 0 unspecified atom stereocenters. The first kappa shape index (κ1) is 16.2. The fraction of sp³-hybridized carbons (Fsp3) is 0.125. The van der Waals surface area contributed by atoms with Crippen molar-refractivity contribution < 1.29 is 18.7 Å². The molecule has 0 saturated carbocycles. The predicted octanol–water partition coefficient (Wildman–Crippen LogP) is 3.90. The minimum absolute atomic E-state index is 0.239. The highest BCUT2D eigenvalue weighted by Crippen LogP contribution is 2.34. The largest absolute Gasteiger partial charge is 0.467 e. The van der Waals surface area contributed by atoms with Crippen molar-refractivity contribution in [3.63, 3.8) is 0 Å². The van der Waals surface area contributed by atoms with Crippen LogP contribution in [0.5, 0.6) is 0 Å². The Morgan fingerprint density at radius 3 is 1.92 bits per heavy atom. The summed E-state index contributed by atoms with van der Waals surface area (Å²) in [5.41, 5.74) is -0.456. The van der Waals surface area contributed by atoms with E-state index >= 15 is 0 Å². The topological polar surface area (TPSA) is 116 Å². The van der Waals surface area contributed by atoms with Crippen molar-refractivity contribution in [1.29, 1.82) is 0 Å². The standard InChI is InChI=1S/C16H13N3O6/c20-18(21)12-5-6-15(16(9-12)19(22)23)17(10-13-3-1-7-24-13)11-14-4-2-8-25-14/h1-9H,10-11H2. The van der Waals surface area contributed by atoms with E-state index in [0.29, 0.717) is 11.5 Å². The molecule has 0 aliphatic carbocycles. The van der Waals surface area contributed by atoms with Crippen LogP contribution in [0.2, 0.25) is 0 Å². The molecule has 3 rings (SSSR count). The SMILES string of the molecule is O=[N+]([O-])c1ccc(N(Cc2ccco2)Cc2ccco2)c([N+](=O)[O-])c1. The molecule has 0 saturated heterocycles. The van der Waals surface area contributed by atoms with Crippen molar-refractivity contribution in [3.05, 3.63) is 86.7 Å². The summed E-state index contributed by atoms with van der Waals surface area (Å²) in [4.78, 5) is 22.7. The van der Waals surface area contributed by atoms with Crippen molar-refractivity contribution in [2.45, 2.75) is 13.1 Å². The molecule has 0 aliphatic heterocycles. The number of benzene rings is 1. The van der Waals surface area contributed by atoms with Gasteiger partial charge in [0, 0.05) is 6.07 Å². The number of non-ortho nitro benzene ring substituents is 1. The van der Waals surface area contributed by atoms with Gasteiger partial charge in [0.05, 0.1) is 41.5 Å².